The highest BCUT2D eigenvalue weighted by Crippen LogP contribution is 2.27. The second-order valence-electron chi connectivity index (χ2n) is 5.48. The molecule has 3 rings (SSSR count). The third-order valence-electron chi connectivity index (χ3n) is 4.25. The average molecular weight is 292 g/mol. The van der Waals surface area contributed by atoms with Crippen molar-refractivity contribution >= 4 is 11.8 Å². The molecule has 2 amide bonds. The summed E-state index contributed by atoms with van der Waals surface area (Å²) in [5.41, 5.74) is 0.241. The Labute approximate surface area is 122 Å². The zero-order valence-electron chi connectivity index (χ0n) is 12.1. The molecule has 1 atom stereocenters. The summed E-state index contributed by atoms with van der Waals surface area (Å²) in [7, 11) is 1.54. The smallest absolute Gasteiger partial charge is 0.273 e. The molecule has 0 spiro atoms. The summed E-state index contributed by atoms with van der Waals surface area (Å²) in [6.07, 6.45) is 4.27. The molecule has 0 aliphatic carbocycles. The van der Waals surface area contributed by atoms with E-state index in [1.807, 2.05) is 4.90 Å². The molecule has 0 bridgehead atoms. The fourth-order valence-corrected chi connectivity index (χ4v) is 3.07. The van der Waals surface area contributed by atoms with Gasteiger partial charge in [0.05, 0.1) is 6.20 Å². The summed E-state index contributed by atoms with van der Waals surface area (Å²) in [6, 6.07) is -0.00326. The summed E-state index contributed by atoms with van der Waals surface area (Å²) in [4.78, 5) is 26.0. The van der Waals surface area contributed by atoms with Gasteiger partial charge in [-0.15, -0.1) is 5.10 Å². The van der Waals surface area contributed by atoms with Crippen LogP contribution in [0.15, 0.2) is 6.20 Å². The second kappa shape index (κ2) is 5.80. The van der Waals surface area contributed by atoms with Gasteiger partial charge in [-0.2, -0.15) is 0 Å². The lowest BCUT2D eigenvalue weighted by Gasteiger charge is -2.31. The van der Waals surface area contributed by atoms with Crippen LogP contribution in [-0.4, -0.2) is 64.4 Å². The van der Waals surface area contributed by atoms with Crippen LogP contribution in [-0.2, 0) is 4.79 Å². The number of amides is 2. The van der Waals surface area contributed by atoms with Crippen molar-refractivity contribution in [2.75, 3.05) is 26.7 Å². The zero-order chi connectivity index (χ0) is 14.8. The SMILES string of the molecule is CNC(=O)c1cn(C2CCN(C3CCNCC3)C2=O)nn1. The Morgan fingerprint density at radius 2 is 2.14 bits per heavy atom. The molecular weight excluding hydrogens is 272 g/mol. The van der Waals surface area contributed by atoms with Crippen LogP contribution in [0.4, 0.5) is 0 Å². The number of nitrogens with zero attached hydrogens (tertiary/aromatic N) is 4. The van der Waals surface area contributed by atoms with Crippen LogP contribution in [0.1, 0.15) is 35.8 Å². The molecule has 8 heteroatoms. The molecule has 2 saturated heterocycles. The van der Waals surface area contributed by atoms with Gasteiger partial charge in [-0.3, -0.25) is 9.59 Å². The van der Waals surface area contributed by atoms with Gasteiger partial charge in [-0.1, -0.05) is 5.21 Å². The van der Waals surface area contributed by atoms with Gasteiger partial charge in [0.1, 0.15) is 6.04 Å². The highest BCUT2D eigenvalue weighted by Gasteiger charge is 2.38. The van der Waals surface area contributed by atoms with Crippen molar-refractivity contribution < 1.29 is 9.59 Å². The van der Waals surface area contributed by atoms with Gasteiger partial charge in [0, 0.05) is 19.6 Å². The molecule has 2 aliphatic rings. The molecule has 1 unspecified atom stereocenters. The summed E-state index contributed by atoms with van der Waals surface area (Å²) in [5.74, 6) is -0.197. The fraction of sp³-hybridized carbons (Fsp3) is 0.692. The molecule has 2 aliphatic heterocycles. The van der Waals surface area contributed by atoms with Crippen LogP contribution in [0, 0.1) is 0 Å². The lowest BCUT2D eigenvalue weighted by atomic mass is 10.1. The number of likely N-dealkylation sites (tertiary alicyclic amines) is 1. The summed E-state index contributed by atoms with van der Waals surface area (Å²) < 4.78 is 1.52. The molecule has 0 saturated carbocycles. The first-order chi connectivity index (χ1) is 10.2. The highest BCUT2D eigenvalue weighted by molar-refractivity contribution is 5.91. The van der Waals surface area contributed by atoms with Crippen molar-refractivity contribution in [3.63, 3.8) is 0 Å². The number of carbonyl (C=O) groups is 2. The number of carbonyl (C=O) groups excluding carboxylic acids is 2. The molecule has 0 radical (unpaired) electrons. The first-order valence-electron chi connectivity index (χ1n) is 7.36. The average Bonchev–Trinajstić information content (AvgIpc) is 3.14. The van der Waals surface area contributed by atoms with E-state index in [1.165, 1.54) is 4.68 Å². The first kappa shape index (κ1) is 14.0. The van der Waals surface area contributed by atoms with Crippen LogP contribution in [0.25, 0.3) is 0 Å². The van der Waals surface area contributed by atoms with E-state index in [9.17, 15) is 9.59 Å². The Morgan fingerprint density at radius 1 is 1.38 bits per heavy atom. The molecule has 1 aromatic rings. The van der Waals surface area contributed by atoms with Gasteiger partial charge in [-0.25, -0.2) is 4.68 Å². The fourth-order valence-electron chi connectivity index (χ4n) is 3.07. The van der Waals surface area contributed by atoms with E-state index in [0.29, 0.717) is 6.04 Å². The lowest BCUT2D eigenvalue weighted by molar-refractivity contribution is -0.133. The molecule has 8 nitrogen and oxygen atoms in total. The van der Waals surface area contributed by atoms with E-state index in [4.69, 9.17) is 0 Å². The normalized spacial score (nSPS) is 23.6. The quantitative estimate of drug-likeness (QED) is 0.758. The molecule has 114 valence electrons. The number of nitrogens with one attached hydrogen (secondary N) is 2. The number of aromatic nitrogens is 3. The maximum Gasteiger partial charge on any atom is 0.273 e. The number of hydrogen-bond donors (Lipinski definition) is 2. The van der Waals surface area contributed by atoms with Crippen molar-refractivity contribution in [2.45, 2.75) is 31.3 Å². The standard InChI is InChI=1S/C13H20N6O2/c1-14-12(20)10-8-19(17-16-10)11-4-7-18(13(11)21)9-2-5-15-6-3-9/h8-9,11,15H,2-7H2,1H3,(H,14,20). The van der Waals surface area contributed by atoms with E-state index in [1.54, 1.807) is 13.2 Å². The van der Waals surface area contributed by atoms with Gasteiger partial charge in [0.2, 0.25) is 5.91 Å². The van der Waals surface area contributed by atoms with E-state index >= 15 is 0 Å². The lowest BCUT2D eigenvalue weighted by Crippen LogP contribution is -2.44. The third kappa shape index (κ3) is 2.63. The summed E-state index contributed by atoms with van der Waals surface area (Å²) >= 11 is 0. The minimum Gasteiger partial charge on any atom is -0.354 e. The van der Waals surface area contributed by atoms with E-state index in [2.05, 4.69) is 20.9 Å². The van der Waals surface area contributed by atoms with Gasteiger partial charge in [0.25, 0.3) is 5.91 Å². The van der Waals surface area contributed by atoms with Crippen LogP contribution in [0.2, 0.25) is 0 Å². The molecule has 1 aromatic heterocycles. The Kier molecular flexibility index (Phi) is 3.87. The first-order valence-corrected chi connectivity index (χ1v) is 7.36. The topological polar surface area (TPSA) is 92.2 Å². The summed E-state index contributed by atoms with van der Waals surface area (Å²) in [5, 5.41) is 13.6. The summed E-state index contributed by atoms with van der Waals surface area (Å²) in [6.45, 7) is 2.68. The van der Waals surface area contributed by atoms with Crippen LogP contribution in [0.3, 0.4) is 0 Å². The number of rotatable bonds is 3. The number of hydrogen-bond acceptors (Lipinski definition) is 5. The monoisotopic (exact) mass is 292 g/mol. The molecule has 2 fully saturated rings. The van der Waals surface area contributed by atoms with E-state index in [-0.39, 0.29) is 23.6 Å². The Hall–Kier alpha value is -1.96. The predicted octanol–water partition coefficient (Wildman–Crippen LogP) is -0.837. The van der Waals surface area contributed by atoms with Crippen molar-refractivity contribution in [1.82, 2.24) is 30.5 Å². The van der Waals surface area contributed by atoms with Crippen molar-refractivity contribution in [2.24, 2.45) is 0 Å². The zero-order valence-corrected chi connectivity index (χ0v) is 12.1. The van der Waals surface area contributed by atoms with Crippen LogP contribution in [0.5, 0.6) is 0 Å². The van der Waals surface area contributed by atoms with E-state index in [0.717, 1.165) is 38.9 Å². The molecule has 3 heterocycles. The molecule has 0 aromatic carbocycles. The van der Waals surface area contributed by atoms with Crippen molar-refractivity contribution in [3.05, 3.63) is 11.9 Å². The Morgan fingerprint density at radius 3 is 2.86 bits per heavy atom. The van der Waals surface area contributed by atoms with Gasteiger partial charge in [0.15, 0.2) is 5.69 Å². The highest BCUT2D eigenvalue weighted by atomic mass is 16.2. The maximum absolute atomic E-state index is 12.6. The van der Waals surface area contributed by atoms with Crippen molar-refractivity contribution in [1.29, 1.82) is 0 Å². The largest absolute Gasteiger partial charge is 0.354 e. The predicted molar refractivity (Wildman–Crippen MR) is 74.7 cm³/mol. The van der Waals surface area contributed by atoms with Gasteiger partial charge >= 0.3 is 0 Å². The van der Waals surface area contributed by atoms with Crippen LogP contribution >= 0.6 is 0 Å². The Balaban J connectivity index is 1.71. The molecule has 21 heavy (non-hydrogen) atoms. The molecular formula is C13H20N6O2. The third-order valence-corrected chi connectivity index (χ3v) is 4.25. The minimum atomic E-state index is -0.328. The van der Waals surface area contributed by atoms with Crippen LogP contribution < -0.4 is 10.6 Å². The van der Waals surface area contributed by atoms with Crippen molar-refractivity contribution in [3.8, 4) is 0 Å². The Bertz CT molecular complexity index is 537. The molecule has 2 N–H and O–H groups in total. The minimum absolute atomic E-state index is 0.0928. The van der Waals surface area contributed by atoms with E-state index < -0.39 is 0 Å². The maximum atomic E-state index is 12.6. The van der Waals surface area contributed by atoms with Gasteiger partial charge in [-0.05, 0) is 32.4 Å². The second-order valence-corrected chi connectivity index (χ2v) is 5.48. The number of piperidine rings is 1. The van der Waals surface area contributed by atoms with Gasteiger partial charge < -0.3 is 15.5 Å².